The summed E-state index contributed by atoms with van der Waals surface area (Å²) in [6.45, 7) is 3.77. The van der Waals surface area contributed by atoms with Crippen molar-refractivity contribution in [2.45, 2.75) is 31.9 Å². The van der Waals surface area contributed by atoms with E-state index in [1.807, 2.05) is 12.1 Å². The molecule has 104 valence electrons. The van der Waals surface area contributed by atoms with E-state index in [0.29, 0.717) is 11.2 Å². The van der Waals surface area contributed by atoms with Gasteiger partial charge in [-0.2, -0.15) is 0 Å². The number of benzene rings is 1. The van der Waals surface area contributed by atoms with Crippen molar-refractivity contribution in [3.8, 4) is 0 Å². The minimum Gasteiger partial charge on any atom is -0.376 e. The van der Waals surface area contributed by atoms with E-state index >= 15 is 0 Å². The van der Waals surface area contributed by atoms with Crippen molar-refractivity contribution in [3.05, 3.63) is 34.3 Å². The summed E-state index contributed by atoms with van der Waals surface area (Å²) in [5, 5.41) is 7.20. The molecule has 2 rings (SSSR count). The Bertz CT molecular complexity index is 418. The Morgan fingerprint density at radius 3 is 2.84 bits per heavy atom. The number of hydrogen-bond acceptors (Lipinski definition) is 2. The lowest BCUT2D eigenvalue weighted by Gasteiger charge is -2.19. The first-order valence-corrected chi connectivity index (χ1v) is 7.76. The number of hydrogen-bond donors (Lipinski definition) is 2. The smallest absolute Gasteiger partial charge is 0.166 e. The Morgan fingerprint density at radius 1 is 1.47 bits per heavy atom. The standard InChI is InChI=1S/C14H19BrN2OS/c1-10(11-4-6-12(15)7-5-11)17-14(19)16-9-13-3-2-8-18-13/h4-7,10,13H,2-3,8-9H2,1H3,(H2,16,17,19)/t10-,13-/m1/s1. The summed E-state index contributed by atoms with van der Waals surface area (Å²) >= 11 is 8.74. The van der Waals surface area contributed by atoms with E-state index in [1.54, 1.807) is 0 Å². The van der Waals surface area contributed by atoms with Gasteiger partial charge >= 0.3 is 0 Å². The minimum absolute atomic E-state index is 0.192. The van der Waals surface area contributed by atoms with Gasteiger partial charge in [0.1, 0.15) is 0 Å². The molecule has 1 aliphatic rings. The van der Waals surface area contributed by atoms with Gasteiger partial charge in [0.25, 0.3) is 0 Å². The van der Waals surface area contributed by atoms with Crippen LogP contribution in [0.15, 0.2) is 28.7 Å². The molecular weight excluding hydrogens is 324 g/mol. The molecule has 0 spiro atoms. The van der Waals surface area contributed by atoms with Crippen LogP contribution in [0.1, 0.15) is 31.4 Å². The van der Waals surface area contributed by atoms with Gasteiger partial charge in [0.05, 0.1) is 12.1 Å². The first-order valence-electron chi connectivity index (χ1n) is 6.56. The van der Waals surface area contributed by atoms with Gasteiger partial charge in [-0.1, -0.05) is 28.1 Å². The molecule has 2 atom stereocenters. The summed E-state index contributed by atoms with van der Waals surface area (Å²) in [5.41, 5.74) is 1.21. The number of thiocarbonyl (C=S) groups is 1. The average Bonchev–Trinajstić information content (AvgIpc) is 2.90. The zero-order valence-electron chi connectivity index (χ0n) is 11.0. The molecule has 0 radical (unpaired) electrons. The van der Waals surface area contributed by atoms with Gasteiger partial charge in [0, 0.05) is 17.6 Å². The molecule has 0 bridgehead atoms. The quantitative estimate of drug-likeness (QED) is 0.823. The van der Waals surface area contributed by atoms with Crippen molar-refractivity contribution in [2.75, 3.05) is 13.2 Å². The van der Waals surface area contributed by atoms with E-state index in [0.717, 1.165) is 30.5 Å². The van der Waals surface area contributed by atoms with E-state index in [4.69, 9.17) is 17.0 Å². The largest absolute Gasteiger partial charge is 0.376 e. The molecule has 3 nitrogen and oxygen atoms in total. The maximum Gasteiger partial charge on any atom is 0.166 e. The van der Waals surface area contributed by atoms with Gasteiger partial charge in [0.2, 0.25) is 0 Å². The molecule has 5 heteroatoms. The first kappa shape index (κ1) is 14.8. The van der Waals surface area contributed by atoms with E-state index in [1.165, 1.54) is 5.56 Å². The Hall–Kier alpha value is -0.650. The number of halogens is 1. The Labute approximate surface area is 128 Å². The normalized spacial score (nSPS) is 20.0. The van der Waals surface area contributed by atoms with Gasteiger partial charge in [-0.3, -0.25) is 0 Å². The first-order chi connectivity index (χ1) is 9.15. The fourth-order valence-electron chi connectivity index (χ4n) is 2.09. The summed E-state index contributed by atoms with van der Waals surface area (Å²) in [6, 6.07) is 8.44. The molecule has 1 heterocycles. The summed E-state index contributed by atoms with van der Waals surface area (Å²) < 4.78 is 6.64. The summed E-state index contributed by atoms with van der Waals surface area (Å²) in [7, 11) is 0. The third-order valence-electron chi connectivity index (χ3n) is 3.23. The molecule has 1 aromatic carbocycles. The molecule has 2 N–H and O–H groups in total. The highest BCUT2D eigenvalue weighted by Gasteiger charge is 2.15. The van der Waals surface area contributed by atoms with Crippen LogP contribution in [0.4, 0.5) is 0 Å². The van der Waals surface area contributed by atoms with Crippen LogP contribution in [0.25, 0.3) is 0 Å². The molecule has 1 saturated heterocycles. The van der Waals surface area contributed by atoms with Crippen molar-refractivity contribution >= 4 is 33.3 Å². The maximum atomic E-state index is 5.55. The number of rotatable bonds is 4. The lowest BCUT2D eigenvalue weighted by Crippen LogP contribution is -2.40. The molecule has 0 amide bonds. The molecule has 19 heavy (non-hydrogen) atoms. The maximum absolute atomic E-state index is 5.55. The van der Waals surface area contributed by atoms with Gasteiger partial charge in [0.15, 0.2) is 5.11 Å². The molecule has 1 aliphatic heterocycles. The summed E-state index contributed by atoms with van der Waals surface area (Å²) in [6.07, 6.45) is 2.59. The fourth-order valence-corrected chi connectivity index (χ4v) is 2.62. The Kier molecular flexibility index (Phi) is 5.60. The second kappa shape index (κ2) is 7.22. The molecule has 0 saturated carbocycles. The van der Waals surface area contributed by atoms with E-state index in [-0.39, 0.29) is 6.04 Å². The van der Waals surface area contributed by atoms with Crippen molar-refractivity contribution in [1.82, 2.24) is 10.6 Å². The Balaban J connectivity index is 1.76. The predicted octanol–water partition coefficient (Wildman–Crippen LogP) is 3.15. The van der Waals surface area contributed by atoms with Crippen LogP contribution < -0.4 is 10.6 Å². The minimum atomic E-state index is 0.192. The predicted molar refractivity (Wildman–Crippen MR) is 85.3 cm³/mol. The fraction of sp³-hybridized carbons (Fsp3) is 0.500. The van der Waals surface area contributed by atoms with E-state index in [9.17, 15) is 0 Å². The van der Waals surface area contributed by atoms with E-state index in [2.05, 4.69) is 45.6 Å². The van der Waals surface area contributed by atoms with Crippen molar-refractivity contribution in [1.29, 1.82) is 0 Å². The monoisotopic (exact) mass is 342 g/mol. The van der Waals surface area contributed by atoms with Crippen LogP contribution in [0.3, 0.4) is 0 Å². The van der Waals surface area contributed by atoms with Crippen LogP contribution in [0, 0.1) is 0 Å². The third kappa shape index (κ3) is 4.75. The number of ether oxygens (including phenoxy) is 1. The lowest BCUT2D eigenvalue weighted by molar-refractivity contribution is 0.114. The highest BCUT2D eigenvalue weighted by atomic mass is 79.9. The zero-order chi connectivity index (χ0) is 13.7. The highest BCUT2D eigenvalue weighted by Crippen LogP contribution is 2.16. The van der Waals surface area contributed by atoms with Gasteiger partial charge in [-0.05, 0) is 49.7 Å². The van der Waals surface area contributed by atoms with Crippen LogP contribution in [0.2, 0.25) is 0 Å². The molecular formula is C14H19BrN2OS. The van der Waals surface area contributed by atoms with E-state index < -0.39 is 0 Å². The number of nitrogens with one attached hydrogen (secondary N) is 2. The second-order valence-electron chi connectivity index (χ2n) is 4.76. The molecule has 1 aromatic rings. The Morgan fingerprint density at radius 2 is 2.21 bits per heavy atom. The van der Waals surface area contributed by atoms with Gasteiger partial charge in [-0.15, -0.1) is 0 Å². The van der Waals surface area contributed by atoms with Crippen molar-refractivity contribution < 1.29 is 4.74 Å². The molecule has 0 aromatic heterocycles. The van der Waals surface area contributed by atoms with Crippen molar-refractivity contribution in [3.63, 3.8) is 0 Å². The SMILES string of the molecule is C[C@@H](NC(=S)NC[C@H]1CCCO1)c1ccc(Br)cc1. The lowest BCUT2D eigenvalue weighted by atomic mass is 10.1. The molecule has 0 aliphatic carbocycles. The molecule has 0 unspecified atom stereocenters. The van der Waals surface area contributed by atoms with Crippen LogP contribution in [-0.2, 0) is 4.74 Å². The van der Waals surface area contributed by atoms with Gasteiger partial charge in [-0.25, -0.2) is 0 Å². The third-order valence-corrected chi connectivity index (χ3v) is 4.02. The van der Waals surface area contributed by atoms with Crippen molar-refractivity contribution in [2.24, 2.45) is 0 Å². The topological polar surface area (TPSA) is 33.3 Å². The summed E-state index contributed by atoms with van der Waals surface area (Å²) in [4.78, 5) is 0. The van der Waals surface area contributed by atoms with Crippen LogP contribution in [-0.4, -0.2) is 24.4 Å². The average molecular weight is 343 g/mol. The highest BCUT2D eigenvalue weighted by molar-refractivity contribution is 9.10. The van der Waals surface area contributed by atoms with Crippen LogP contribution >= 0.6 is 28.1 Å². The van der Waals surface area contributed by atoms with Crippen LogP contribution in [0.5, 0.6) is 0 Å². The second-order valence-corrected chi connectivity index (χ2v) is 6.09. The summed E-state index contributed by atoms with van der Waals surface area (Å²) in [5.74, 6) is 0. The molecule has 1 fully saturated rings. The van der Waals surface area contributed by atoms with Gasteiger partial charge < -0.3 is 15.4 Å². The zero-order valence-corrected chi connectivity index (χ0v) is 13.4.